The normalized spacial score (nSPS) is 21.2. The molecular weight excluding hydrogens is 438 g/mol. The standard InChI is InChI=1S/C21H37N3O5S2/c1-17-15-24(16-18(2)29-17)30(25,26)20-11-9-19(10-12-20)22-13-7-6-8-14-23-31(27,28)21(3,4)5/h9-12,17-18,22-23H,6-8,13-16H2,1-5H3/t17-,18+. The lowest BCUT2D eigenvalue weighted by molar-refractivity contribution is -0.0440. The van der Waals surface area contributed by atoms with Crippen LogP contribution in [0.3, 0.4) is 0 Å². The van der Waals surface area contributed by atoms with Crippen LogP contribution in [0.25, 0.3) is 0 Å². The van der Waals surface area contributed by atoms with Crippen LogP contribution >= 0.6 is 0 Å². The molecule has 2 rings (SSSR count). The minimum Gasteiger partial charge on any atom is -0.385 e. The van der Waals surface area contributed by atoms with Gasteiger partial charge in [-0.15, -0.1) is 0 Å². The molecule has 1 fully saturated rings. The molecule has 1 aromatic rings. The van der Waals surface area contributed by atoms with Gasteiger partial charge in [-0.1, -0.05) is 6.42 Å². The third-order valence-corrected chi connectivity index (χ3v) is 9.20. The van der Waals surface area contributed by atoms with Gasteiger partial charge in [0.1, 0.15) is 0 Å². The van der Waals surface area contributed by atoms with Gasteiger partial charge >= 0.3 is 0 Å². The molecule has 10 heteroatoms. The molecule has 0 unspecified atom stereocenters. The Labute approximate surface area is 187 Å². The van der Waals surface area contributed by atoms with E-state index in [2.05, 4.69) is 10.0 Å². The average molecular weight is 476 g/mol. The van der Waals surface area contributed by atoms with E-state index in [1.54, 1.807) is 45.0 Å². The summed E-state index contributed by atoms with van der Waals surface area (Å²) in [5, 5.41) is 3.28. The first kappa shape index (κ1) is 26.1. The minimum absolute atomic E-state index is 0.122. The van der Waals surface area contributed by atoms with Gasteiger partial charge in [0.05, 0.1) is 21.9 Å². The molecule has 0 saturated carbocycles. The zero-order valence-corrected chi connectivity index (χ0v) is 20.9. The van der Waals surface area contributed by atoms with Crippen LogP contribution < -0.4 is 10.0 Å². The molecule has 0 aliphatic carbocycles. The molecule has 1 saturated heterocycles. The van der Waals surface area contributed by atoms with Crippen molar-refractivity contribution in [3.05, 3.63) is 24.3 Å². The van der Waals surface area contributed by atoms with Crippen molar-refractivity contribution in [2.75, 3.05) is 31.5 Å². The highest BCUT2D eigenvalue weighted by atomic mass is 32.2. The molecule has 0 bridgehead atoms. The Bertz CT molecular complexity index is 899. The SMILES string of the molecule is C[C@@H]1CN(S(=O)(=O)c2ccc(NCCCCCNS(=O)(=O)C(C)(C)C)cc2)C[C@H](C)O1. The van der Waals surface area contributed by atoms with Crippen molar-refractivity contribution in [2.45, 2.75) is 75.7 Å². The van der Waals surface area contributed by atoms with Gasteiger partial charge in [0, 0.05) is 31.9 Å². The number of morpholine rings is 1. The summed E-state index contributed by atoms with van der Waals surface area (Å²) in [6.07, 6.45) is 2.30. The monoisotopic (exact) mass is 475 g/mol. The summed E-state index contributed by atoms with van der Waals surface area (Å²) in [4.78, 5) is 0.283. The predicted molar refractivity (Wildman–Crippen MR) is 124 cm³/mol. The van der Waals surface area contributed by atoms with Gasteiger partial charge in [0.2, 0.25) is 20.0 Å². The lowest BCUT2D eigenvalue weighted by Gasteiger charge is -2.34. The van der Waals surface area contributed by atoms with Crippen LogP contribution in [0, 0.1) is 0 Å². The summed E-state index contributed by atoms with van der Waals surface area (Å²) in [5.41, 5.74) is 0.857. The van der Waals surface area contributed by atoms with E-state index in [0.29, 0.717) is 19.6 Å². The summed E-state index contributed by atoms with van der Waals surface area (Å²) >= 11 is 0. The molecule has 0 amide bonds. The first-order valence-electron chi connectivity index (χ1n) is 10.8. The topological polar surface area (TPSA) is 105 Å². The number of ether oxygens (including phenoxy) is 1. The van der Waals surface area contributed by atoms with Gasteiger partial charge in [0.15, 0.2) is 0 Å². The van der Waals surface area contributed by atoms with E-state index in [1.807, 2.05) is 13.8 Å². The molecule has 8 nitrogen and oxygen atoms in total. The molecule has 1 aliphatic rings. The van der Waals surface area contributed by atoms with Crippen LogP contribution in [0.1, 0.15) is 53.9 Å². The summed E-state index contributed by atoms with van der Waals surface area (Å²) in [6.45, 7) is 10.7. The molecule has 1 heterocycles. The molecule has 178 valence electrons. The number of hydrogen-bond donors (Lipinski definition) is 2. The summed E-state index contributed by atoms with van der Waals surface area (Å²) in [6, 6.07) is 6.81. The number of anilines is 1. The fourth-order valence-electron chi connectivity index (χ4n) is 3.30. The number of nitrogens with zero attached hydrogens (tertiary/aromatic N) is 1. The number of benzene rings is 1. The smallest absolute Gasteiger partial charge is 0.243 e. The molecule has 31 heavy (non-hydrogen) atoms. The molecule has 0 spiro atoms. The van der Waals surface area contributed by atoms with Crippen LogP contribution in [0.5, 0.6) is 0 Å². The van der Waals surface area contributed by atoms with Crippen molar-refractivity contribution in [2.24, 2.45) is 0 Å². The second-order valence-corrected chi connectivity index (χ2v) is 13.6. The lowest BCUT2D eigenvalue weighted by Crippen LogP contribution is -2.48. The second kappa shape index (κ2) is 10.6. The quantitative estimate of drug-likeness (QED) is 0.504. The van der Waals surface area contributed by atoms with E-state index in [0.717, 1.165) is 31.5 Å². The Morgan fingerprint density at radius 3 is 2.03 bits per heavy atom. The van der Waals surface area contributed by atoms with E-state index in [9.17, 15) is 16.8 Å². The van der Waals surface area contributed by atoms with Crippen LogP contribution in [0.15, 0.2) is 29.2 Å². The number of rotatable bonds is 10. The van der Waals surface area contributed by atoms with E-state index >= 15 is 0 Å². The van der Waals surface area contributed by atoms with Gasteiger partial charge in [-0.2, -0.15) is 4.31 Å². The number of hydrogen-bond acceptors (Lipinski definition) is 6. The van der Waals surface area contributed by atoms with Crippen molar-refractivity contribution in [3.63, 3.8) is 0 Å². The van der Waals surface area contributed by atoms with E-state index in [1.165, 1.54) is 4.31 Å². The Hall–Kier alpha value is -1.20. The Balaban J connectivity index is 1.75. The maximum absolute atomic E-state index is 12.9. The van der Waals surface area contributed by atoms with Crippen molar-refractivity contribution in [1.29, 1.82) is 0 Å². The fourth-order valence-corrected chi connectivity index (χ4v) is 5.74. The van der Waals surface area contributed by atoms with Gasteiger partial charge in [-0.25, -0.2) is 21.6 Å². The van der Waals surface area contributed by atoms with Gasteiger partial charge in [-0.05, 0) is 71.7 Å². The summed E-state index contributed by atoms with van der Waals surface area (Å²) in [7, 11) is -6.82. The maximum Gasteiger partial charge on any atom is 0.243 e. The van der Waals surface area contributed by atoms with Crippen molar-refractivity contribution in [1.82, 2.24) is 9.03 Å². The molecule has 0 radical (unpaired) electrons. The molecule has 2 atom stereocenters. The van der Waals surface area contributed by atoms with Crippen LogP contribution in [0.2, 0.25) is 0 Å². The number of unbranched alkanes of at least 4 members (excludes halogenated alkanes) is 2. The average Bonchev–Trinajstić information content (AvgIpc) is 2.66. The Morgan fingerprint density at radius 1 is 0.935 bits per heavy atom. The van der Waals surface area contributed by atoms with Gasteiger partial charge < -0.3 is 10.1 Å². The molecule has 0 aromatic heterocycles. The minimum atomic E-state index is -3.53. The highest BCUT2D eigenvalue weighted by molar-refractivity contribution is 7.90. The van der Waals surface area contributed by atoms with Gasteiger partial charge in [-0.3, -0.25) is 0 Å². The van der Waals surface area contributed by atoms with E-state index in [-0.39, 0.29) is 17.1 Å². The highest BCUT2D eigenvalue weighted by Gasteiger charge is 2.32. The Morgan fingerprint density at radius 2 is 1.48 bits per heavy atom. The molecule has 1 aromatic carbocycles. The number of nitrogens with one attached hydrogen (secondary N) is 2. The predicted octanol–water partition coefficient (Wildman–Crippen LogP) is 2.78. The summed E-state index contributed by atoms with van der Waals surface area (Å²) in [5.74, 6) is 0. The van der Waals surface area contributed by atoms with Crippen LogP contribution in [-0.2, 0) is 24.8 Å². The van der Waals surface area contributed by atoms with Crippen LogP contribution in [-0.4, -0.2) is 64.3 Å². The third-order valence-electron chi connectivity index (χ3n) is 5.16. The van der Waals surface area contributed by atoms with Crippen molar-refractivity contribution in [3.8, 4) is 0 Å². The lowest BCUT2D eigenvalue weighted by atomic mass is 10.2. The van der Waals surface area contributed by atoms with Crippen molar-refractivity contribution >= 4 is 25.7 Å². The Kier molecular flexibility index (Phi) is 8.92. The zero-order valence-electron chi connectivity index (χ0n) is 19.2. The zero-order chi connectivity index (χ0) is 23.3. The fraction of sp³-hybridized carbons (Fsp3) is 0.714. The van der Waals surface area contributed by atoms with Gasteiger partial charge in [0.25, 0.3) is 0 Å². The largest absolute Gasteiger partial charge is 0.385 e. The summed E-state index contributed by atoms with van der Waals surface area (Å²) < 4.78 is 58.7. The highest BCUT2D eigenvalue weighted by Crippen LogP contribution is 2.22. The maximum atomic E-state index is 12.9. The first-order valence-corrected chi connectivity index (χ1v) is 13.7. The molecular formula is C21H37N3O5S2. The van der Waals surface area contributed by atoms with Crippen LogP contribution in [0.4, 0.5) is 5.69 Å². The molecule has 2 N–H and O–H groups in total. The van der Waals surface area contributed by atoms with E-state index in [4.69, 9.17) is 4.74 Å². The number of sulfonamides is 2. The van der Waals surface area contributed by atoms with E-state index < -0.39 is 24.8 Å². The third kappa shape index (κ3) is 7.42. The molecule has 1 aliphatic heterocycles. The van der Waals surface area contributed by atoms with Crippen molar-refractivity contribution < 1.29 is 21.6 Å². The second-order valence-electron chi connectivity index (χ2n) is 9.10. The first-order chi connectivity index (χ1) is 14.3.